The maximum absolute atomic E-state index is 12.5. The molecule has 2 saturated heterocycles. The van der Waals surface area contributed by atoms with Crippen molar-refractivity contribution in [2.75, 3.05) is 46.4 Å². The summed E-state index contributed by atoms with van der Waals surface area (Å²) in [5, 5.41) is 4.77. The van der Waals surface area contributed by atoms with Gasteiger partial charge in [0, 0.05) is 63.5 Å². The van der Waals surface area contributed by atoms with E-state index >= 15 is 0 Å². The van der Waals surface area contributed by atoms with Crippen molar-refractivity contribution in [3.05, 3.63) is 35.5 Å². The van der Waals surface area contributed by atoms with Crippen molar-refractivity contribution in [3.8, 4) is 0 Å². The maximum Gasteiger partial charge on any atom is 0.251 e. The van der Waals surface area contributed by atoms with Crippen LogP contribution in [0.1, 0.15) is 24.0 Å². The number of nitrogens with one attached hydrogen (secondary N) is 2. The lowest BCUT2D eigenvalue weighted by Gasteiger charge is -2.37. The number of guanidine groups is 1. The molecule has 2 N–H and O–H groups in total. The number of aromatic amines is 1. The van der Waals surface area contributed by atoms with Crippen molar-refractivity contribution >= 4 is 22.8 Å². The van der Waals surface area contributed by atoms with Gasteiger partial charge in [0.1, 0.15) is 6.10 Å². The van der Waals surface area contributed by atoms with Gasteiger partial charge in [-0.25, -0.2) is 0 Å². The minimum Gasteiger partial charge on any atom is -0.368 e. The molecule has 1 amide bonds. The highest BCUT2D eigenvalue weighted by molar-refractivity contribution is 5.84. The summed E-state index contributed by atoms with van der Waals surface area (Å²) in [7, 11) is 1.82. The number of aromatic nitrogens is 1. The number of aryl methyl sites for hydroxylation is 1. The molecule has 29 heavy (non-hydrogen) atoms. The first-order chi connectivity index (χ1) is 14.2. The highest BCUT2D eigenvalue weighted by Gasteiger charge is 2.30. The normalized spacial score (nSPS) is 20.5. The highest BCUT2D eigenvalue weighted by Crippen LogP contribution is 2.20. The molecule has 0 aliphatic carbocycles. The lowest BCUT2D eigenvalue weighted by molar-refractivity contribution is -0.142. The van der Waals surface area contributed by atoms with Crippen molar-refractivity contribution in [3.63, 3.8) is 0 Å². The van der Waals surface area contributed by atoms with E-state index in [1.54, 1.807) is 0 Å². The average molecular weight is 398 g/mol. The van der Waals surface area contributed by atoms with E-state index in [9.17, 15) is 4.79 Å². The molecule has 1 aromatic carbocycles. The fraction of sp³-hybridized carbons (Fsp3) is 0.545. The molecule has 3 heterocycles. The first-order valence-corrected chi connectivity index (χ1v) is 10.6. The summed E-state index contributed by atoms with van der Waals surface area (Å²) in [5.41, 5.74) is 3.77. The minimum atomic E-state index is -0.223. The number of hydrogen-bond acceptors (Lipinski definition) is 3. The molecule has 1 aromatic heterocycles. The van der Waals surface area contributed by atoms with Gasteiger partial charge in [0.2, 0.25) is 0 Å². The standard InChI is InChI=1S/C22H31N5O2/c1-16-5-6-18-17(15-25-19(18)14-16)7-8-24-22(23-2)27-11-9-26(10-12-27)21(28)20-4-3-13-29-20/h5-6,14-15,20,25H,3-4,7-13H2,1-2H3,(H,23,24). The Balaban J connectivity index is 1.27. The Morgan fingerprint density at radius 2 is 2.07 bits per heavy atom. The zero-order valence-corrected chi connectivity index (χ0v) is 17.4. The lowest BCUT2D eigenvalue weighted by Crippen LogP contribution is -2.55. The van der Waals surface area contributed by atoms with Crippen molar-refractivity contribution in [2.45, 2.75) is 32.3 Å². The van der Waals surface area contributed by atoms with Crippen LogP contribution in [0.15, 0.2) is 29.4 Å². The van der Waals surface area contributed by atoms with Gasteiger partial charge in [-0.05, 0) is 43.4 Å². The predicted molar refractivity (Wildman–Crippen MR) is 115 cm³/mol. The number of hydrogen-bond donors (Lipinski definition) is 2. The second-order valence-corrected chi connectivity index (χ2v) is 7.90. The molecule has 0 bridgehead atoms. The smallest absolute Gasteiger partial charge is 0.251 e. The second-order valence-electron chi connectivity index (χ2n) is 7.90. The predicted octanol–water partition coefficient (Wildman–Crippen LogP) is 1.92. The van der Waals surface area contributed by atoms with Crippen molar-refractivity contribution in [1.29, 1.82) is 0 Å². The van der Waals surface area contributed by atoms with Gasteiger partial charge in [-0.15, -0.1) is 0 Å². The molecule has 156 valence electrons. The van der Waals surface area contributed by atoms with Gasteiger partial charge in [-0.3, -0.25) is 9.79 Å². The number of carbonyl (C=O) groups excluding carboxylic acids is 1. The van der Waals surface area contributed by atoms with Crippen LogP contribution < -0.4 is 5.32 Å². The molecule has 0 radical (unpaired) electrons. The summed E-state index contributed by atoms with van der Waals surface area (Å²) in [6.45, 7) is 6.68. The number of fused-ring (bicyclic) bond motifs is 1. The minimum absolute atomic E-state index is 0.152. The van der Waals surface area contributed by atoms with Gasteiger partial charge < -0.3 is 24.8 Å². The lowest BCUT2D eigenvalue weighted by atomic mass is 10.1. The molecular weight excluding hydrogens is 366 g/mol. The van der Waals surface area contributed by atoms with Crippen LogP contribution in [-0.2, 0) is 16.0 Å². The van der Waals surface area contributed by atoms with Crippen molar-refractivity contribution in [1.82, 2.24) is 20.1 Å². The summed E-state index contributed by atoms with van der Waals surface area (Å²) in [6.07, 6.45) is 4.65. The number of nitrogens with zero attached hydrogens (tertiary/aromatic N) is 3. The summed E-state index contributed by atoms with van der Waals surface area (Å²) in [6, 6.07) is 6.53. The number of rotatable bonds is 4. The SMILES string of the molecule is CN=C(NCCc1c[nH]c2cc(C)ccc12)N1CCN(C(=O)C2CCCO2)CC1. The van der Waals surface area contributed by atoms with Crippen LogP contribution >= 0.6 is 0 Å². The van der Waals surface area contributed by atoms with Crippen molar-refractivity contribution < 1.29 is 9.53 Å². The first-order valence-electron chi connectivity index (χ1n) is 10.6. The largest absolute Gasteiger partial charge is 0.368 e. The number of piperazine rings is 1. The van der Waals surface area contributed by atoms with Crippen LogP contribution in [0, 0.1) is 6.92 Å². The fourth-order valence-corrected chi connectivity index (χ4v) is 4.26. The van der Waals surface area contributed by atoms with E-state index in [2.05, 4.69) is 51.5 Å². The molecule has 1 atom stereocenters. The van der Waals surface area contributed by atoms with Gasteiger partial charge in [0.25, 0.3) is 5.91 Å². The van der Waals surface area contributed by atoms with Crippen LogP contribution in [0.4, 0.5) is 0 Å². The average Bonchev–Trinajstić information content (AvgIpc) is 3.41. The molecule has 7 nitrogen and oxygen atoms in total. The van der Waals surface area contributed by atoms with E-state index in [0.29, 0.717) is 6.61 Å². The van der Waals surface area contributed by atoms with Gasteiger partial charge in [0.05, 0.1) is 0 Å². The number of amides is 1. The molecule has 0 saturated carbocycles. The van der Waals surface area contributed by atoms with E-state index < -0.39 is 0 Å². The Morgan fingerprint density at radius 3 is 2.79 bits per heavy atom. The van der Waals surface area contributed by atoms with Gasteiger partial charge in [0.15, 0.2) is 5.96 Å². The van der Waals surface area contributed by atoms with Gasteiger partial charge in [-0.2, -0.15) is 0 Å². The fourth-order valence-electron chi connectivity index (χ4n) is 4.26. The third-order valence-corrected chi connectivity index (χ3v) is 5.91. The number of benzene rings is 1. The monoisotopic (exact) mass is 397 g/mol. The number of ether oxygens (including phenoxy) is 1. The molecule has 2 fully saturated rings. The van der Waals surface area contributed by atoms with Gasteiger partial charge >= 0.3 is 0 Å². The summed E-state index contributed by atoms with van der Waals surface area (Å²) < 4.78 is 5.55. The summed E-state index contributed by atoms with van der Waals surface area (Å²) >= 11 is 0. The summed E-state index contributed by atoms with van der Waals surface area (Å²) in [4.78, 5) is 24.5. The Hall–Kier alpha value is -2.54. The first kappa shape index (κ1) is 19.8. The van der Waals surface area contributed by atoms with E-state index in [1.165, 1.54) is 22.0 Å². The van der Waals surface area contributed by atoms with E-state index in [1.807, 2.05) is 11.9 Å². The number of H-pyrrole nitrogens is 1. The Labute approximate surface area is 172 Å². The van der Waals surface area contributed by atoms with E-state index in [-0.39, 0.29) is 12.0 Å². The molecule has 0 spiro atoms. The molecule has 7 heteroatoms. The van der Waals surface area contributed by atoms with E-state index in [4.69, 9.17) is 4.74 Å². The third-order valence-electron chi connectivity index (χ3n) is 5.91. The molecule has 2 aliphatic heterocycles. The number of carbonyl (C=O) groups is 1. The number of aliphatic imine (C=N–C) groups is 1. The quantitative estimate of drug-likeness (QED) is 0.611. The van der Waals surface area contributed by atoms with E-state index in [0.717, 1.165) is 57.9 Å². The third kappa shape index (κ3) is 4.40. The topological polar surface area (TPSA) is 73.0 Å². The molecular formula is C22H31N5O2. The Morgan fingerprint density at radius 1 is 1.28 bits per heavy atom. The van der Waals surface area contributed by atoms with Crippen LogP contribution in [0.2, 0.25) is 0 Å². The Kier molecular flexibility index (Phi) is 6.04. The second kappa shape index (κ2) is 8.86. The molecule has 2 aliphatic rings. The molecule has 4 rings (SSSR count). The molecule has 1 unspecified atom stereocenters. The zero-order valence-electron chi connectivity index (χ0n) is 17.4. The van der Waals surface area contributed by atoms with Gasteiger partial charge in [-0.1, -0.05) is 12.1 Å². The summed E-state index contributed by atoms with van der Waals surface area (Å²) in [5.74, 6) is 1.06. The van der Waals surface area contributed by atoms with Crippen LogP contribution in [0.25, 0.3) is 10.9 Å². The zero-order chi connectivity index (χ0) is 20.2. The maximum atomic E-state index is 12.5. The van der Waals surface area contributed by atoms with Crippen LogP contribution in [0.3, 0.4) is 0 Å². The Bertz CT molecular complexity index is 876. The van der Waals surface area contributed by atoms with Crippen LogP contribution in [0.5, 0.6) is 0 Å². The molecule has 2 aromatic rings. The highest BCUT2D eigenvalue weighted by atomic mass is 16.5. The van der Waals surface area contributed by atoms with Crippen molar-refractivity contribution in [2.24, 2.45) is 4.99 Å². The van der Waals surface area contributed by atoms with Crippen LogP contribution in [-0.4, -0.2) is 79.1 Å².